The molecule has 0 amide bonds. The molecule has 2 atom stereocenters. The number of carboxylic acid groups (broad SMARTS) is 1. The van der Waals surface area contributed by atoms with E-state index in [-0.39, 0.29) is 11.4 Å². The van der Waals surface area contributed by atoms with Crippen LogP contribution in [0.5, 0.6) is 0 Å². The molecule has 1 aromatic rings. The molecule has 0 aromatic carbocycles. The van der Waals surface area contributed by atoms with Crippen molar-refractivity contribution in [3.63, 3.8) is 0 Å². The maximum absolute atomic E-state index is 10.8. The second-order valence-electron chi connectivity index (χ2n) is 3.75. The minimum Gasteiger partial charge on any atom is -0.477 e. The summed E-state index contributed by atoms with van der Waals surface area (Å²) in [6, 6.07) is 1.73. The smallest absolute Gasteiger partial charge is 0.345 e. The fourth-order valence-electron chi connectivity index (χ4n) is 1.13. The summed E-state index contributed by atoms with van der Waals surface area (Å²) in [7, 11) is 0. The first kappa shape index (κ1) is 13.5. The van der Waals surface area contributed by atoms with E-state index in [9.17, 15) is 9.90 Å². The van der Waals surface area contributed by atoms with Gasteiger partial charge in [0.2, 0.25) is 0 Å². The van der Waals surface area contributed by atoms with E-state index in [0.29, 0.717) is 4.88 Å². The Labute approximate surface area is 103 Å². The van der Waals surface area contributed by atoms with Crippen LogP contribution in [0.15, 0.2) is 6.07 Å². The van der Waals surface area contributed by atoms with Crippen LogP contribution < -0.4 is 0 Å². The number of carboxylic acids is 1. The molecule has 0 aliphatic rings. The highest BCUT2D eigenvalue weighted by Gasteiger charge is 2.14. The molecule has 1 aromatic heterocycles. The fourth-order valence-corrected chi connectivity index (χ4v) is 3.12. The van der Waals surface area contributed by atoms with E-state index in [1.165, 1.54) is 11.3 Å². The Kier molecular flexibility index (Phi) is 4.83. The second-order valence-corrected chi connectivity index (χ2v) is 6.38. The SMILES string of the molecule is Cc1sc(C(=O)O)cc1CSC(C)C(C)O. The molecule has 1 heterocycles. The third-order valence-electron chi connectivity index (χ3n) is 2.41. The van der Waals surface area contributed by atoms with Crippen LogP contribution in [0.25, 0.3) is 0 Å². The summed E-state index contributed by atoms with van der Waals surface area (Å²) >= 11 is 2.95. The quantitative estimate of drug-likeness (QED) is 0.854. The number of aliphatic hydroxyl groups excluding tert-OH is 1. The Morgan fingerprint density at radius 3 is 2.62 bits per heavy atom. The van der Waals surface area contributed by atoms with Gasteiger partial charge in [-0.05, 0) is 25.5 Å². The van der Waals surface area contributed by atoms with Crippen molar-refractivity contribution >= 4 is 29.1 Å². The number of aryl methyl sites for hydroxylation is 1. The number of rotatable bonds is 5. The van der Waals surface area contributed by atoms with Gasteiger partial charge >= 0.3 is 5.97 Å². The molecular weight excluding hydrogens is 244 g/mol. The number of aliphatic hydroxyl groups is 1. The van der Waals surface area contributed by atoms with E-state index in [1.807, 2.05) is 13.8 Å². The van der Waals surface area contributed by atoms with Gasteiger partial charge in [0, 0.05) is 15.9 Å². The van der Waals surface area contributed by atoms with Crippen molar-refractivity contribution in [3.8, 4) is 0 Å². The number of aromatic carboxylic acids is 1. The van der Waals surface area contributed by atoms with Crippen LogP contribution in [0.2, 0.25) is 0 Å². The van der Waals surface area contributed by atoms with Gasteiger partial charge in [0.15, 0.2) is 0 Å². The maximum Gasteiger partial charge on any atom is 0.345 e. The first-order valence-corrected chi connectivity index (χ1v) is 6.90. The normalized spacial score (nSPS) is 14.8. The van der Waals surface area contributed by atoms with Crippen LogP contribution in [0.4, 0.5) is 0 Å². The molecule has 90 valence electrons. The van der Waals surface area contributed by atoms with Crippen molar-refractivity contribution in [2.24, 2.45) is 0 Å². The van der Waals surface area contributed by atoms with Crippen molar-refractivity contribution in [1.82, 2.24) is 0 Å². The highest BCUT2D eigenvalue weighted by Crippen LogP contribution is 2.27. The third-order valence-corrected chi connectivity index (χ3v) is 4.89. The summed E-state index contributed by atoms with van der Waals surface area (Å²) in [5.74, 6) is -0.116. The molecule has 0 aliphatic heterocycles. The summed E-state index contributed by atoms with van der Waals surface area (Å²) in [6.07, 6.45) is -0.345. The lowest BCUT2D eigenvalue weighted by Crippen LogP contribution is -2.15. The summed E-state index contributed by atoms with van der Waals surface area (Å²) < 4.78 is 0. The van der Waals surface area contributed by atoms with Gasteiger partial charge in [0.05, 0.1) is 6.10 Å². The van der Waals surface area contributed by atoms with Crippen LogP contribution in [0.3, 0.4) is 0 Å². The van der Waals surface area contributed by atoms with E-state index in [2.05, 4.69) is 0 Å². The lowest BCUT2D eigenvalue weighted by molar-refractivity contribution is 0.0702. The van der Waals surface area contributed by atoms with Crippen LogP contribution in [0.1, 0.15) is 34.0 Å². The molecule has 2 N–H and O–H groups in total. The molecule has 1 rings (SSSR count). The van der Waals surface area contributed by atoms with E-state index >= 15 is 0 Å². The molecule has 0 aliphatic carbocycles. The maximum atomic E-state index is 10.8. The molecular formula is C11H16O3S2. The van der Waals surface area contributed by atoms with E-state index in [4.69, 9.17) is 5.11 Å². The predicted molar refractivity (Wildman–Crippen MR) is 68.5 cm³/mol. The first-order valence-electron chi connectivity index (χ1n) is 5.04. The summed E-state index contributed by atoms with van der Waals surface area (Å²) in [6.45, 7) is 5.66. The van der Waals surface area contributed by atoms with Crippen molar-refractivity contribution in [3.05, 3.63) is 21.4 Å². The summed E-state index contributed by atoms with van der Waals surface area (Å²) in [5, 5.41) is 18.4. The topological polar surface area (TPSA) is 57.5 Å². The van der Waals surface area contributed by atoms with Crippen LogP contribution >= 0.6 is 23.1 Å². The summed E-state index contributed by atoms with van der Waals surface area (Å²) in [5.41, 5.74) is 1.06. The van der Waals surface area contributed by atoms with Gasteiger partial charge < -0.3 is 10.2 Å². The molecule has 0 fully saturated rings. The molecule has 0 bridgehead atoms. The number of hydrogen-bond donors (Lipinski definition) is 2. The van der Waals surface area contributed by atoms with Crippen LogP contribution in [0, 0.1) is 6.92 Å². The molecule has 0 saturated carbocycles. The van der Waals surface area contributed by atoms with Gasteiger partial charge in [-0.15, -0.1) is 11.3 Å². The van der Waals surface area contributed by atoms with Gasteiger partial charge in [-0.1, -0.05) is 6.92 Å². The highest BCUT2D eigenvalue weighted by atomic mass is 32.2. The second kappa shape index (κ2) is 5.70. The largest absolute Gasteiger partial charge is 0.477 e. The van der Waals surface area contributed by atoms with Gasteiger partial charge in [-0.3, -0.25) is 0 Å². The minimum atomic E-state index is -0.868. The Morgan fingerprint density at radius 2 is 2.19 bits per heavy atom. The predicted octanol–water partition coefficient (Wildman–Crippen LogP) is 2.76. The number of carbonyl (C=O) groups is 1. The Morgan fingerprint density at radius 1 is 1.56 bits per heavy atom. The monoisotopic (exact) mass is 260 g/mol. The fraction of sp³-hybridized carbons (Fsp3) is 0.545. The Balaban J connectivity index is 2.64. The lowest BCUT2D eigenvalue weighted by atomic mass is 10.3. The number of thioether (sulfide) groups is 1. The Bertz CT molecular complexity index is 371. The molecule has 5 heteroatoms. The van der Waals surface area contributed by atoms with Crippen molar-refractivity contribution in [2.45, 2.75) is 37.9 Å². The van der Waals surface area contributed by atoms with Crippen molar-refractivity contribution < 1.29 is 15.0 Å². The minimum absolute atomic E-state index is 0.160. The molecule has 2 unspecified atom stereocenters. The first-order chi connectivity index (χ1) is 7.41. The van der Waals surface area contributed by atoms with Crippen molar-refractivity contribution in [1.29, 1.82) is 0 Å². The average molecular weight is 260 g/mol. The zero-order valence-electron chi connectivity index (χ0n) is 9.56. The van der Waals surface area contributed by atoms with Gasteiger partial charge in [0.1, 0.15) is 4.88 Å². The van der Waals surface area contributed by atoms with E-state index in [0.717, 1.165) is 16.2 Å². The molecule has 16 heavy (non-hydrogen) atoms. The summed E-state index contributed by atoms with van der Waals surface area (Å²) in [4.78, 5) is 12.2. The van der Waals surface area contributed by atoms with E-state index in [1.54, 1.807) is 24.8 Å². The molecule has 0 saturated heterocycles. The molecule has 0 spiro atoms. The zero-order valence-corrected chi connectivity index (χ0v) is 11.2. The zero-order chi connectivity index (χ0) is 12.3. The Hall–Kier alpha value is -0.520. The number of hydrogen-bond acceptors (Lipinski definition) is 4. The lowest BCUT2D eigenvalue weighted by Gasteiger charge is -2.13. The average Bonchev–Trinajstić information content (AvgIpc) is 2.56. The highest BCUT2D eigenvalue weighted by molar-refractivity contribution is 7.99. The van der Waals surface area contributed by atoms with Gasteiger partial charge in [-0.25, -0.2) is 4.79 Å². The van der Waals surface area contributed by atoms with E-state index < -0.39 is 5.97 Å². The van der Waals surface area contributed by atoms with Gasteiger partial charge in [0.25, 0.3) is 0 Å². The van der Waals surface area contributed by atoms with Crippen LogP contribution in [-0.2, 0) is 5.75 Å². The van der Waals surface area contributed by atoms with Crippen molar-refractivity contribution in [2.75, 3.05) is 0 Å². The molecule has 0 radical (unpaired) electrons. The third kappa shape index (κ3) is 3.50. The standard InChI is InChI=1S/C11H16O3S2/c1-6(12)7(2)15-5-9-4-10(11(13)14)16-8(9)3/h4,6-7,12H,5H2,1-3H3,(H,13,14). The van der Waals surface area contributed by atoms with Gasteiger partial charge in [-0.2, -0.15) is 11.8 Å². The molecule has 3 nitrogen and oxygen atoms in total. The number of thiophene rings is 1. The van der Waals surface area contributed by atoms with Crippen LogP contribution in [-0.4, -0.2) is 27.5 Å².